The summed E-state index contributed by atoms with van der Waals surface area (Å²) in [6.45, 7) is 1.22. The van der Waals surface area contributed by atoms with E-state index in [1.54, 1.807) is 0 Å². The summed E-state index contributed by atoms with van der Waals surface area (Å²) in [5, 5.41) is 11.5. The largest absolute Gasteiger partial charge is 0.504 e. The third-order valence-corrected chi connectivity index (χ3v) is 3.57. The first-order chi connectivity index (χ1) is 13.2. The summed E-state index contributed by atoms with van der Waals surface area (Å²) in [6.07, 6.45) is 1.07. The number of rotatable bonds is 6. The van der Waals surface area contributed by atoms with E-state index in [0.717, 1.165) is 12.1 Å². The smallest absolute Gasteiger partial charge is 0.331 e. The molecule has 148 valence electrons. The maximum Gasteiger partial charge on any atom is 0.331 e. The van der Waals surface area contributed by atoms with Crippen molar-refractivity contribution in [3.63, 3.8) is 0 Å². The van der Waals surface area contributed by atoms with Gasteiger partial charge in [0, 0.05) is 6.08 Å². The summed E-state index contributed by atoms with van der Waals surface area (Å²) in [4.78, 5) is 23.8. The highest BCUT2D eigenvalue weighted by Crippen LogP contribution is 2.26. The normalized spacial score (nSPS) is 11.9. The third-order valence-electron chi connectivity index (χ3n) is 3.57. The number of hydrogen-bond acceptors (Lipinski definition) is 5. The average Bonchev–Trinajstić information content (AvgIpc) is 2.67. The van der Waals surface area contributed by atoms with Gasteiger partial charge in [-0.15, -0.1) is 0 Å². The van der Waals surface area contributed by atoms with E-state index in [0.29, 0.717) is 11.6 Å². The van der Waals surface area contributed by atoms with Crippen LogP contribution in [0.4, 0.5) is 18.9 Å². The van der Waals surface area contributed by atoms with Crippen LogP contribution in [0, 0.1) is 17.5 Å². The number of aromatic hydroxyl groups is 1. The predicted octanol–water partition coefficient (Wildman–Crippen LogP) is 3.40. The number of anilines is 1. The number of halogens is 3. The summed E-state index contributed by atoms with van der Waals surface area (Å²) >= 11 is 0. The fourth-order valence-electron chi connectivity index (χ4n) is 2.09. The van der Waals surface area contributed by atoms with Crippen molar-refractivity contribution in [2.24, 2.45) is 0 Å². The SMILES string of the molecule is COc1cc(/C=C/C(=O)O[C@@H](C)C(=O)Nc2ccc(F)c(F)c2F)ccc1O. The van der Waals surface area contributed by atoms with Gasteiger partial charge in [-0.3, -0.25) is 4.79 Å². The van der Waals surface area contributed by atoms with E-state index in [2.05, 4.69) is 0 Å². The Morgan fingerprint density at radius 3 is 2.54 bits per heavy atom. The van der Waals surface area contributed by atoms with Crippen LogP contribution < -0.4 is 10.1 Å². The molecule has 1 atom stereocenters. The number of phenols is 1. The van der Waals surface area contributed by atoms with Gasteiger partial charge in [-0.05, 0) is 42.8 Å². The number of carbonyl (C=O) groups excluding carboxylic acids is 2. The highest BCUT2D eigenvalue weighted by atomic mass is 19.2. The Labute approximate surface area is 158 Å². The van der Waals surface area contributed by atoms with Crippen LogP contribution in [0.3, 0.4) is 0 Å². The Hall–Kier alpha value is -3.49. The molecule has 2 aromatic carbocycles. The minimum absolute atomic E-state index is 0.0722. The molecule has 0 unspecified atom stereocenters. The van der Waals surface area contributed by atoms with Crippen LogP contribution in [0.5, 0.6) is 11.5 Å². The van der Waals surface area contributed by atoms with Gasteiger partial charge in [-0.2, -0.15) is 0 Å². The van der Waals surface area contributed by atoms with E-state index < -0.39 is 41.1 Å². The molecule has 0 saturated carbocycles. The molecule has 2 N–H and O–H groups in total. The molecule has 0 saturated heterocycles. The summed E-state index contributed by atoms with van der Waals surface area (Å²) in [7, 11) is 1.37. The number of esters is 1. The van der Waals surface area contributed by atoms with Crippen molar-refractivity contribution >= 4 is 23.6 Å². The number of carbonyl (C=O) groups is 2. The zero-order valence-corrected chi connectivity index (χ0v) is 14.8. The Kier molecular flexibility index (Phi) is 6.64. The Bertz CT molecular complexity index is 930. The molecular weight excluding hydrogens is 379 g/mol. The van der Waals surface area contributed by atoms with Gasteiger partial charge in [0.05, 0.1) is 12.8 Å². The number of nitrogens with one attached hydrogen (secondary N) is 1. The molecule has 2 aromatic rings. The first-order valence-electron chi connectivity index (χ1n) is 7.93. The van der Waals surface area contributed by atoms with Gasteiger partial charge in [0.15, 0.2) is 35.1 Å². The van der Waals surface area contributed by atoms with Gasteiger partial charge < -0.3 is 19.9 Å². The Morgan fingerprint density at radius 1 is 1.14 bits per heavy atom. The van der Waals surface area contributed by atoms with Crippen molar-refractivity contribution in [3.05, 3.63) is 59.4 Å². The second-order valence-corrected chi connectivity index (χ2v) is 5.56. The molecule has 9 heteroatoms. The second kappa shape index (κ2) is 8.94. The van der Waals surface area contributed by atoms with Crippen LogP contribution in [-0.2, 0) is 14.3 Å². The highest BCUT2D eigenvalue weighted by Gasteiger charge is 2.20. The molecule has 0 aliphatic heterocycles. The predicted molar refractivity (Wildman–Crippen MR) is 94.2 cm³/mol. The van der Waals surface area contributed by atoms with Gasteiger partial charge in [0.1, 0.15) is 0 Å². The van der Waals surface area contributed by atoms with Crippen LogP contribution >= 0.6 is 0 Å². The van der Waals surface area contributed by atoms with Crippen molar-refractivity contribution in [3.8, 4) is 11.5 Å². The summed E-state index contributed by atoms with van der Waals surface area (Å²) in [6, 6.07) is 5.86. The number of hydrogen-bond donors (Lipinski definition) is 2. The molecule has 0 aliphatic carbocycles. The maximum atomic E-state index is 13.6. The molecule has 0 spiro atoms. The minimum Gasteiger partial charge on any atom is -0.504 e. The van der Waals surface area contributed by atoms with Crippen molar-refractivity contribution in [2.45, 2.75) is 13.0 Å². The second-order valence-electron chi connectivity index (χ2n) is 5.56. The molecular formula is C19H16F3NO5. The van der Waals surface area contributed by atoms with Crippen molar-refractivity contribution < 1.29 is 37.3 Å². The van der Waals surface area contributed by atoms with Crippen molar-refractivity contribution in [1.82, 2.24) is 0 Å². The number of amides is 1. The molecule has 28 heavy (non-hydrogen) atoms. The summed E-state index contributed by atoms with van der Waals surface area (Å²) < 4.78 is 49.4. The topological polar surface area (TPSA) is 84.9 Å². The molecule has 0 bridgehead atoms. The van der Waals surface area contributed by atoms with Crippen LogP contribution in [0.25, 0.3) is 6.08 Å². The van der Waals surface area contributed by atoms with Crippen LogP contribution in [0.15, 0.2) is 36.4 Å². The molecule has 0 aliphatic rings. The number of methoxy groups -OCH3 is 1. The highest BCUT2D eigenvalue weighted by molar-refractivity contribution is 5.96. The summed E-state index contributed by atoms with van der Waals surface area (Å²) in [5.41, 5.74) is -0.0638. The molecule has 0 fully saturated rings. The van der Waals surface area contributed by atoms with Gasteiger partial charge in [-0.1, -0.05) is 6.07 Å². The monoisotopic (exact) mass is 395 g/mol. The molecule has 1 amide bonds. The van der Waals surface area contributed by atoms with Crippen molar-refractivity contribution in [1.29, 1.82) is 0 Å². The number of benzene rings is 2. The lowest BCUT2D eigenvalue weighted by molar-refractivity contribution is -0.148. The average molecular weight is 395 g/mol. The molecule has 0 heterocycles. The summed E-state index contributed by atoms with van der Waals surface area (Å²) in [5.74, 6) is -6.36. The third kappa shape index (κ3) is 5.03. The quantitative estimate of drug-likeness (QED) is 0.445. The van der Waals surface area contributed by atoms with Crippen LogP contribution in [0.1, 0.15) is 12.5 Å². The molecule has 6 nitrogen and oxygen atoms in total. The Morgan fingerprint density at radius 2 is 1.86 bits per heavy atom. The van der Waals surface area contributed by atoms with Gasteiger partial charge in [0.25, 0.3) is 5.91 Å². The minimum atomic E-state index is -1.73. The zero-order chi connectivity index (χ0) is 20.8. The fraction of sp³-hybridized carbons (Fsp3) is 0.158. The fourth-order valence-corrected chi connectivity index (χ4v) is 2.09. The standard InChI is InChI=1S/C19H16F3NO5/c1-10(19(26)23-13-6-5-12(20)17(21)18(13)22)28-16(25)8-4-11-3-7-14(24)15(9-11)27-2/h3-10,24H,1-2H3,(H,23,26)/b8-4+/t10-/m0/s1. The lowest BCUT2D eigenvalue weighted by atomic mass is 10.2. The zero-order valence-electron chi connectivity index (χ0n) is 14.8. The van der Waals surface area contributed by atoms with Crippen molar-refractivity contribution in [2.75, 3.05) is 12.4 Å². The first kappa shape index (κ1) is 20.8. The molecule has 0 radical (unpaired) electrons. The molecule has 0 aromatic heterocycles. The number of phenolic OH excluding ortho intramolecular Hbond substituents is 1. The van der Waals surface area contributed by atoms with E-state index in [-0.39, 0.29) is 11.5 Å². The van der Waals surface area contributed by atoms with Crippen LogP contribution in [0.2, 0.25) is 0 Å². The lowest BCUT2D eigenvalue weighted by Crippen LogP contribution is -2.29. The number of ether oxygens (including phenoxy) is 2. The lowest BCUT2D eigenvalue weighted by Gasteiger charge is -2.13. The van der Waals surface area contributed by atoms with E-state index >= 15 is 0 Å². The van der Waals surface area contributed by atoms with E-state index in [1.165, 1.54) is 38.3 Å². The van der Waals surface area contributed by atoms with Gasteiger partial charge >= 0.3 is 5.97 Å². The van der Waals surface area contributed by atoms with E-state index in [1.807, 2.05) is 5.32 Å². The van der Waals surface area contributed by atoms with Gasteiger partial charge in [-0.25, -0.2) is 18.0 Å². The van der Waals surface area contributed by atoms with Crippen LogP contribution in [-0.4, -0.2) is 30.2 Å². The van der Waals surface area contributed by atoms with E-state index in [4.69, 9.17) is 9.47 Å². The molecule has 2 rings (SSSR count). The first-order valence-corrected chi connectivity index (χ1v) is 7.93. The van der Waals surface area contributed by atoms with Gasteiger partial charge in [0.2, 0.25) is 0 Å². The van der Waals surface area contributed by atoms with E-state index in [9.17, 15) is 27.9 Å². The Balaban J connectivity index is 1.98. The maximum absolute atomic E-state index is 13.6.